The second-order valence-corrected chi connectivity index (χ2v) is 6.66. The van der Waals surface area contributed by atoms with E-state index in [1.54, 1.807) is 23.1 Å². The molecule has 0 fully saturated rings. The van der Waals surface area contributed by atoms with Gasteiger partial charge in [-0.15, -0.1) is 0 Å². The molecule has 1 atom stereocenters. The second-order valence-electron chi connectivity index (χ2n) is 6.66. The summed E-state index contributed by atoms with van der Waals surface area (Å²) in [5, 5.41) is 3.44. The van der Waals surface area contributed by atoms with Crippen LogP contribution in [0.4, 0.5) is 15.8 Å². The number of ether oxygens (including phenoxy) is 1. The van der Waals surface area contributed by atoms with Crippen molar-refractivity contribution in [2.45, 2.75) is 19.5 Å². The molecule has 0 saturated carbocycles. The molecule has 0 aliphatic carbocycles. The molecule has 0 unspecified atom stereocenters. The molecule has 1 amide bonds. The Labute approximate surface area is 163 Å². The Morgan fingerprint density at radius 1 is 1.00 bits per heavy atom. The molecule has 1 N–H and O–H groups in total. The lowest BCUT2D eigenvalue weighted by atomic mass is 10.0. The zero-order chi connectivity index (χ0) is 19.5. The van der Waals surface area contributed by atoms with Crippen LogP contribution in [0, 0.1) is 5.82 Å². The largest absolute Gasteiger partial charge is 0.494 e. The third-order valence-electron chi connectivity index (χ3n) is 4.70. The first-order valence-electron chi connectivity index (χ1n) is 9.35. The van der Waals surface area contributed by atoms with Gasteiger partial charge in [-0.1, -0.05) is 31.2 Å². The van der Waals surface area contributed by atoms with Gasteiger partial charge in [0.15, 0.2) is 0 Å². The molecule has 28 heavy (non-hydrogen) atoms. The van der Waals surface area contributed by atoms with Crippen molar-refractivity contribution < 1.29 is 13.9 Å². The summed E-state index contributed by atoms with van der Waals surface area (Å²) in [5.41, 5.74) is 2.91. The number of hydrogen-bond acceptors (Lipinski definition) is 3. The molecule has 0 aromatic heterocycles. The fourth-order valence-corrected chi connectivity index (χ4v) is 3.32. The quantitative estimate of drug-likeness (QED) is 0.649. The zero-order valence-electron chi connectivity index (χ0n) is 15.6. The molecular weight excluding hydrogens is 355 g/mol. The van der Waals surface area contributed by atoms with Crippen LogP contribution in [0.1, 0.15) is 35.4 Å². The minimum Gasteiger partial charge on any atom is -0.494 e. The summed E-state index contributed by atoms with van der Waals surface area (Å²) in [7, 11) is 0. The Hall–Kier alpha value is -3.34. The maximum Gasteiger partial charge on any atom is 0.262 e. The number of hydrogen-bond donors (Lipinski definition) is 1. The molecule has 1 aliphatic heterocycles. The molecule has 0 radical (unpaired) electrons. The van der Waals surface area contributed by atoms with Gasteiger partial charge >= 0.3 is 0 Å². The summed E-state index contributed by atoms with van der Waals surface area (Å²) >= 11 is 0. The van der Waals surface area contributed by atoms with Gasteiger partial charge in [-0.2, -0.15) is 0 Å². The molecule has 5 heteroatoms. The van der Waals surface area contributed by atoms with E-state index in [1.807, 2.05) is 42.5 Å². The van der Waals surface area contributed by atoms with Gasteiger partial charge in [0.05, 0.1) is 12.2 Å². The molecule has 0 bridgehead atoms. The maximum atomic E-state index is 13.4. The second kappa shape index (κ2) is 7.72. The Morgan fingerprint density at radius 2 is 1.71 bits per heavy atom. The number of amides is 1. The highest BCUT2D eigenvalue weighted by atomic mass is 19.1. The van der Waals surface area contributed by atoms with Gasteiger partial charge in [0, 0.05) is 11.4 Å². The van der Waals surface area contributed by atoms with Crippen molar-refractivity contribution in [2.24, 2.45) is 0 Å². The minimum atomic E-state index is -0.409. The van der Waals surface area contributed by atoms with Gasteiger partial charge in [0.1, 0.15) is 17.7 Å². The lowest BCUT2D eigenvalue weighted by Crippen LogP contribution is -2.43. The van der Waals surface area contributed by atoms with Crippen molar-refractivity contribution in [1.82, 2.24) is 0 Å². The number of carbonyl (C=O) groups is 1. The summed E-state index contributed by atoms with van der Waals surface area (Å²) in [6, 6.07) is 21.1. The third kappa shape index (κ3) is 3.43. The number of anilines is 2. The van der Waals surface area contributed by atoms with Crippen molar-refractivity contribution in [3.63, 3.8) is 0 Å². The molecule has 1 aliphatic rings. The number of benzene rings is 3. The van der Waals surface area contributed by atoms with Crippen molar-refractivity contribution in [3.8, 4) is 5.75 Å². The van der Waals surface area contributed by atoms with Crippen LogP contribution in [0.5, 0.6) is 5.75 Å². The lowest BCUT2D eigenvalue weighted by Gasteiger charge is -2.38. The van der Waals surface area contributed by atoms with Crippen LogP contribution in [0.2, 0.25) is 0 Å². The number of nitrogens with one attached hydrogen (secondary N) is 1. The highest BCUT2D eigenvalue weighted by molar-refractivity contribution is 6.12. The Bertz CT molecular complexity index is 971. The number of rotatable bonds is 5. The first-order chi connectivity index (χ1) is 13.7. The predicted molar refractivity (Wildman–Crippen MR) is 108 cm³/mol. The monoisotopic (exact) mass is 376 g/mol. The zero-order valence-corrected chi connectivity index (χ0v) is 15.6. The Balaban J connectivity index is 1.74. The first kappa shape index (κ1) is 18.0. The Kier molecular flexibility index (Phi) is 4.98. The maximum absolute atomic E-state index is 13.4. The van der Waals surface area contributed by atoms with Crippen LogP contribution in [-0.2, 0) is 0 Å². The van der Waals surface area contributed by atoms with Gasteiger partial charge < -0.3 is 10.1 Å². The number of halogens is 1. The molecule has 3 aromatic rings. The van der Waals surface area contributed by atoms with Crippen LogP contribution in [0.15, 0.2) is 72.8 Å². The summed E-state index contributed by atoms with van der Waals surface area (Å²) < 4.78 is 19.1. The van der Waals surface area contributed by atoms with E-state index in [9.17, 15) is 9.18 Å². The van der Waals surface area contributed by atoms with Crippen LogP contribution in [0.3, 0.4) is 0 Å². The van der Waals surface area contributed by atoms with E-state index in [0.717, 1.165) is 23.4 Å². The highest BCUT2D eigenvalue weighted by Gasteiger charge is 2.33. The number of para-hydroxylation sites is 1. The van der Waals surface area contributed by atoms with E-state index < -0.39 is 6.17 Å². The molecule has 0 saturated heterocycles. The molecule has 1 heterocycles. The number of nitrogens with zero attached hydrogens (tertiary/aromatic N) is 1. The van der Waals surface area contributed by atoms with E-state index in [1.165, 1.54) is 12.1 Å². The summed E-state index contributed by atoms with van der Waals surface area (Å²) in [6.07, 6.45) is 0.531. The smallest absolute Gasteiger partial charge is 0.262 e. The highest BCUT2D eigenvalue weighted by Crippen LogP contribution is 2.37. The first-order valence-corrected chi connectivity index (χ1v) is 9.35. The van der Waals surface area contributed by atoms with Gasteiger partial charge in [0.2, 0.25) is 0 Å². The molecule has 4 rings (SSSR count). The van der Waals surface area contributed by atoms with Crippen molar-refractivity contribution in [1.29, 1.82) is 0 Å². The third-order valence-corrected chi connectivity index (χ3v) is 4.70. The fraction of sp³-hybridized carbons (Fsp3) is 0.174. The van der Waals surface area contributed by atoms with Crippen LogP contribution < -0.4 is 15.0 Å². The number of fused-ring (bicyclic) bond motifs is 1. The average Bonchev–Trinajstić information content (AvgIpc) is 2.73. The van der Waals surface area contributed by atoms with Crippen molar-refractivity contribution in [3.05, 3.63) is 89.7 Å². The molecular formula is C23H21FN2O2. The van der Waals surface area contributed by atoms with Crippen molar-refractivity contribution in [2.75, 3.05) is 16.8 Å². The van der Waals surface area contributed by atoms with Gasteiger partial charge in [-0.3, -0.25) is 9.69 Å². The van der Waals surface area contributed by atoms with Gasteiger partial charge in [-0.05, 0) is 60.5 Å². The van der Waals surface area contributed by atoms with Crippen molar-refractivity contribution >= 4 is 17.3 Å². The summed E-state index contributed by atoms with van der Waals surface area (Å²) in [4.78, 5) is 14.9. The van der Waals surface area contributed by atoms with Gasteiger partial charge in [-0.25, -0.2) is 4.39 Å². The van der Waals surface area contributed by atoms with Crippen LogP contribution >= 0.6 is 0 Å². The van der Waals surface area contributed by atoms with E-state index in [0.29, 0.717) is 17.9 Å². The summed E-state index contributed by atoms with van der Waals surface area (Å²) in [5.74, 6) is 0.328. The Morgan fingerprint density at radius 3 is 2.43 bits per heavy atom. The lowest BCUT2D eigenvalue weighted by molar-refractivity contribution is 0.0975. The molecule has 142 valence electrons. The number of carbonyl (C=O) groups excluding carboxylic acids is 1. The fourth-order valence-electron chi connectivity index (χ4n) is 3.32. The van der Waals surface area contributed by atoms with E-state index in [-0.39, 0.29) is 11.7 Å². The van der Waals surface area contributed by atoms with Gasteiger partial charge in [0.25, 0.3) is 5.91 Å². The van der Waals surface area contributed by atoms with Crippen LogP contribution in [-0.4, -0.2) is 12.5 Å². The van der Waals surface area contributed by atoms with E-state index >= 15 is 0 Å². The molecule has 3 aromatic carbocycles. The van der Waals surface area contributed by atoms with E-state index in [2.05, 4.69) is 12.2 Å². The van der Waals surface area contributed by atoms with E-state index in [4.69, 9.17) is 4.74 Å². The molecule has 0 spiro atoms. The van der Waals surface area contributed by atoms with Crippen LogP contribution in [0.25, 0.3) is 0 Å². The summed E-state index contributed by atoms with van der Waals surface area (Å²) in [6.45, 7) is 2.72. The average molecular weight is 376 g/mol. The normalized spacial score (nSPS) is 15.7. The molecule has 4 nitrogen and oxygen atoms in total. The minimum absolute atomic E-state index is 0.128. The SMILES string of the molecule is CCCOc1ccc([C@@H]2Nc3ccccc3C(=O)N2c2ccc(F)cc2)cc1. The topological polar surface area (TPSA) is 41.6 Å². The predicted octanol–water partition coefficient (Wildman–Crippen LogP) is 5.39. The standard InChI is InChI=1S/C23H21FN2O2/c1-2-15-28-19-13-7-16(8-14-19)22-25-21-6-4-3-5-20(21)23(27)26(22)18-11-9-17(24)10-12-18/h3-14,22,25H,2,15H2,1H3/t22-/m1/s1.